The van der Waals surface area contributed by atoms with E-state index in [9.17, 15) is 27.9 Å². The molecule has 152 valence electrons. The molecule has 1 fully saturated rings. The second-order valence-corrected chi connectivity index (χ2v) is 6.89. The van der Waals surface area contributed by atoms with Crippen molar-refractivity contribution in [3.63, 3.8) is 0 Å². The van der Waals surface area contributed by atoms with Crippen molar-refractivity contribution in [3.8, 4) is 0 Å². The Labute approximate surface area is 159 Å². The lowest BCUT2D eigenvalue weighted by Gasteiger charge is -2.21. The van der Waals surface area contributed by atoms with Gasteiger partial charge in [0.2, 0.25) is 5.78 Å². The van der Waals surface area contributed by atoms with Crippen LogP contribution in [0.2, 0.25) is 0 Å². The number of hydrogen-bond donors (Lipinski definition) is 1. The minimum Gasteiger partial charge on any atom is -0.511 e. The standard InChI is InChI=1S/C19H20F3NO5/c1-27-6-7-28-9-13-12(4-5-14(23-13)19(20,21)22)18(26)15-16(24)10-2-3-11(8-10)17(15)25/h4-5,10-11,24H,2-3,6-9H2,1H3/t10-,11?/m0/s1. The highest BCUT2D eigenvalue weighted by molar-refractivity contribution is 6.28. The zero-order chi connectivity index (χ0) is 20.5. The summed E-state index contributed by atoms with van der Waals surface area (Å²) in [5, 5.41) is 10.4. The van der Waals surface area contributed by atoms with E-state index in [2.05, 4.69) is 4.98 Å². The number of allylic oxidation sites excluding steroid dienone is 2. The third-order valence-corrected chi connectivity index (χ3v) is 5.10. The first-order valence-corrected chi connectivity index (χ1v) is 8.89. The van der Waals surface area contributed by atoms with Gasteiger partial charge in [0.05, 0.1) is 25.5 Å². The molecule has 2 aliphatic carbocycles. The molecule has 0 amide bonds. The Morgan fingerprint density at radius 3 is 2.64 bits per heavy atom. The summed E-state index contributed by atoms with van der Waals surface area (Å²) in [6.07, 6.45) is -3.00. The van der Waals surface area contributed by atoms with Gasteiger partial charge in [0, 0.05) is 24.5 Å². The van der Waals surface area contributed by atoms with Gasteiger partial charge < -0.3 is 14.6 Å². The van der Waals surface area contributed by atoms with Crippen LogP contribution in [-0.2, 0) is 27.1 Å². The molecule has 2 aliphatic rings. The zero-order valence-corrected chi connectivity index (χ0v) is 15.2. The van der Waals surface area contributed by atoms with E-state index in [0.717, 1.165) is 6.07 Å². The number of pyridine rings is 1. The molecular formula is C19H20F3NO5. The Kier molecular flexibility index (Phi) is 5.85. The number of aromatic nitrogens is 1. The van der Waals surface area contributed by atoms with Gasteiger partial charge in [0.1, 0.15) is 17.0 Å². The molecule has 6 nitrogen and oxygen atoms in total. The highest BCUT2D eigenvalue weighted by Gasteiger charge is 2.44. The number of halogens is 3. The first kappa shape index (κ1) is 20.5. The minimum absolute atomic E-state index is 0.0963. The monoisotopic (exact) mass is 399 g/mol. The molecule has 1 aromatic rings. The molecule has 0 aromatic carbocycles. The van der Waals surface area contributed by atoms with Crippen molar-refractivity contribution < 1.29 is 37.3 Å². The fourth-order valence-electron chi connectivity index (χ4n) is 3.65. The average Bonchev–Trinajstić information content (AvgIpc) is 3.10. The number of Topliss-reactive ketones (excluding diaryl/α,β-unsaturated/α-hetero) is 2. The van der Waals surface area contributed by atoms with Crippen molar-refractivity contribution in [3.05, 3.63) is 40.4 Å². The SMILES string of the molecule is COCCOCc1nc(C(F)(F)F)ccc1C(=O)C1=C(O)[C@H]2CCC(C2)C1=O. The van der Waals surface area contributed by atoms with Crippen LogP contribution in [0.4, 0.5) is 13.2 Å². The van der Waals surface area contributed by atoms with Gasteiger partial charge in [0.15, 0.2) is 5.78 Å². The summed E-state index contributed by atoms with van der Waals surface area (Å²) in [7, 11) is 1.44. The maximum Gasteiger partial charge on any atom is 0.433 e. The van der Waals surface area contributed by atoms with Crippen LogP contribution in [-0.4, -0.2) is 42.0 Å². The fraction of sp³-hybridized carbons (Fsp3) is 0.526. The number of carbonyl (C=O) groups is 2. The van der Waals surface area contributed by atoms with Gasteiger partial charge in [-0.05, 0) is 31.4 Å². The Bertz CT molecular complexity index is 818. The van der Waals surface area contributed by atoms with Crippen LogP contribution in [0, 0.1) is 11.8 Å². The van der Waals surface area contributed by atoms with Crippen LogP contribution < -0.4 is 0 Å². The molecule has 1 heterocycles. The van der Waals surface area contributed by atoms with Crippen LogP contribution in [0.1, 0.15) is 41.0 Å². The van der Waals surface area contributed by atoms with E-state index in [0.29, 0.717) is 25.3 Å². The number of nitrogens with zero attached hydrogens (tertiary/aromatic N) is 1. The Balaban J connectivity index is 1.96. The molecule has 1 aromatic heterocycles. The predicted octanol–water partition coefficient (Wildman–Crippen LogP) is 3.26. The number of ether oxygens (including phenoxy) is 2. The van der Waals surface area contributed by atoms with Gasteiger partial charge in [-0.3, -0.25) is 9.59 Å². The lowest BCUT2D eigenvalue weighted by Crippen LogP contribution is -2.28. The van der Waals surface area contributed by atoms with Crippen LogP contribution in [0.15, 0.2) is 23.5 Å². The molecule has 0 saturated heterocycles. The van der Waals surface area contributed by atoms with Gasteiger partial charge in [-0.15, -0.1) is 0 Å². The van der Waals surface area contributed by atoms with Crippen LogP contribution in [0.5, 0.6) is 0 Å². The third kappa shape index (κ3) is 3.95. The molecule has 3 rings (SSSR count). The number of aliphatic hydroxyl groups is 1. The number of rotatable bonds is 7. The Hall–Kier alpha value is -2.26. The van der Waals surface area contributed by atoms with Gasteiger partial charge in [-0.1, -0.05) is 0 Å². The van der Waals surface area contributed by atoms with Crippen molar-refractivity contribution in [2.45, 2.75) is 32.0 Å². The molecule has 2 bridgehead atoms. The molecule has 0 radical (unpaired) electrons. The quantitative estimate of drug-likeness (QED) is 0.430. The summed E-state index contributed by atoms with van der Waals surface area (Å²) in [5.41, 5.74) is -1.91. The largest absolute Gasteiger partial charge is 0.511 e. The van der Waals surface area contributed by atoms with E-state index in [1.807, 2.05) is 0 Å². The summed E-state index contributed by atoms with van der Waals surface area (Å²) < 4.78 is 49.1. The number of alkyl halides is 3. The Morgan fingerprint density at radius 2 is 1.96 bits per heavy atom. The molecule has 0 spiro atoms. The lowest BCUT2D eigenvalue weighted by molar-refractivity contribution is -0.141. The highest BCUT2D eigenvalue weighted by atomic mass is 19.4. The number of ketones is 2. The number of methoxy groups -OCH3 is 1. The summed E-state index contributed by atoms with van der Waals surface area (Å²) in [6, 6.07) is 1.67. The van der Waals surface area contributed by atoms with Crippen LogP contribution in [0.3, 0.4) is 0 Å². The van der Waals surface area contributed by atoms with Crippen molar-refractivity contribution in [1.82, 2.24) is 4.98 Å². The van der Waals surface area contributed by atoms with E-state index < -0.39 is 23.4 Å². The predicted molar refractivity (Wildman–Crippen MR) is 90.6 cm³/mol. The van der Waals surface area contributed by atoms with E-state index in [-0.39, 0.29) is 54.2 Å². The minimum atomic E-state index is -4.69. The summed E-state index contributed by atoms with van der Waals surface area (Å²) in [4.78, 5) is 29.1. The number of fused-ring (bicyclic) bond motifs is 2. The third-order valence-electron chi connectivity index (χ3n) is 5.10. The second-order valence-electron chi connectivity index (χ2n) is 6.89. The van der Waals surface area contributed by atoms with Gasteiger partial charge in [-0.25, -0.2) is 4.98 Å². The average molecular weight is 399 g/mol. The lowest BCUT2D eigenvalue weighted by atomic mass is 9.83. The zero-order valence-electron chi connectivity index (χ0n) is 15.2. The van der Waals surface area contributed by atoms with Gasteiger partial charge >= 0.3 is 6.18 Å². The molecule has 2 atom stereocenters. The van der Waals surface area contributed by atoms with Crippen molar-refractivity contribution in [1.29, 1.82) is 0 Å². The molecule has 1 N–H and O–H groups in total. The van der Waals surface area contributed by atoms with Crippen LogP contribution >= 0.6 is 0 Å². The highest BCUT2D eigenvalue weighted by Crippen LogP contribution is 2.43. The van der Waals surface area contributed by atoms with Gasteiger partial charge in [0.25, 0.3) is 0 Å². The summed E-state index contributed by atoms with van der Waals surface area (Å²) in [6.45, 7) is -0.0431. The fourth-order valence-corrected chi connectivity index (χ4v) is 3.65. The molecule has 1 unspecified atom stereocenters. The second kappa shape index (κ2) is 8.00. The van der Waals surface area contributed by atoms with E-state index in [1.54, 1.807) is 0 Å². The first-order valence-electron chi connectivity index (χ1n) is 8.89. The van der Waals surface area contributed by atoms with Crippen molar-refractivity contribution in [2.75, 3.05) is 20.3 Å². The van der Waals surface area contributed by atoms with Gasteiger partial charge in [-0.2, -0.15) is 13.2 Å². The maximum absolute atomic E-state index is 13.0. The molecular weight excluding hydrogens is 379 g/mol. The number of carbonyl (C=O) groups excluding carboxylic acids is 2. The van der Waals surface area contributed by atoms with Crippen molar-refractivity contribution >= 4 is 11.6 Å². The smallest absolute Gasteiger partial charge is 0.433 e. The molecule has 1 saturated carbocycles. The normalized spacial score (nSPS) is 22.1. The topological polar surface area (TPSA) is 85.7 Å². The Morgan fingerprint density at radius 1 is 1.25 bits per heavy atom. The summed E-state index contributed by atoms with van der Waals surface area (Å²) >= 11 is 0. The van der Waals surface area contributed by atoms with E-state index >= 15 is 0 Å². The molecule has 28 heavy (non-hydrogen) atoms. The molecule has 0 aliphatic heterocycles. The number of aliphatic hydroxyl groups excluding tert-OH is 1. The number of hydrogen-bond acceptors (Lipinski definition) is 6. The van der Waals surface area contributed by atoms with Crippen LogP contribution in [0.25, 0.3) is 0 Å². The first-order chi connectivity index (χ1) is 13.2. The molecule has 9 heteroatoms. The van der Waals surface area contributed by atoms with E-state index in [1.165, 1.54) is 7.11 Å². The maximum atomic E-state index is 13.0. The summed E-state index contributed by atoms with van der Waals surface area (Å²) in [5.74, 6) is -2.13. The van der Waals surface area contributed by atoms with Crippen molar-refractivity contribution in [2.24, 2.45) is 11.8 Å². The van der Waals surface area contributed by atoms with E-state index in [4.69, 9.17) is 9.47 Å².